The first-order valence-electron chi connectivity index (χ1n) is 8.83. The standard InChI is InChI=1S/C19H24N4O4/c1-11(16(25)15-17(20)21(2)19(27)22(3)18(15)26)23-9-8-14(24)13-7-5-4-6-12(13)10-23/h4-7,11,14,24H,8-10,20H2,1-3H3/t11-,14+/m0/s1. The number of benzene rings is 1. The normalized spacial score (nSPS) is 18.6. The Bertz CT molecular complexity index is 1010. The summed E-state index contributed by atoms with van der Waals surface area (Å²) in [4.78, 5) is 39.5. The number of fused-ring (bicyclic) bond motifs is 1. The summed E-state index contributed by atoms with van der Waals surface area (Å²) in [6.45, 7) is 2.69. The van der Waals surface area contributed by atoms with Crippen LogP contribution in [0.1, 0.15) is 40.9 Å². The Morgan fingerprint density at radius 3 is 2.59 bits per heavy atom. The van der Waals surface area contributed by atoms with Gasteiger partial charge in [0.1, 0.15) is 11.4 Å². The highest BCUT2D eigenvalue weighted by Crippen LogP contribution is 2.28. The van der Waals surface area contributed by atoms with Crippen LogP contribution in [0.2, 0.25) is 0 Å². The molecule has 27 heavy (non-hydrogen) atoms. The van der Waals surface area contributed by atoms with E-state index < -0.39 is 29.2 Å². The molecule has 2 heterocycles. The van der Waals surface area contributed by atoms with Crippen molar-refractivity contribution in [3.05, 3.63) is 61.8 Å². The van der Waals surface area contributed by atoms with E-state index in [1.165, 1.54) is 14.1 Å². The van der Waals surface area contributed by atoms with Gasteiger partial charge in [-0.25, -0.2) is 4.79 Å². The lowest BCUT2D eigenvalue weighted by molar-refractivity contribution is 0.0801. The van der Waals surface area contributed by atoms with E-state index >= 15 is 0 Å². The van der Waals surface area contributed by atoms with Gasteiger partial charge in [0.2, 0.25) is 0 Å². The van der Waals surface area contributed by atoms with Crippen LogP contribution in [0.3, 0.4) is 0 Å². The zero-order valence-corrected chi connectivity index (χ0v) is 15.7. The molecule has 1 aliphatic rings. The molecule has 0 spiro atoms. The zero-order valence-electron chi connectivity index (χ0n) is 15.7. The Hall–Kier alpha value is -2.71. The van der Waals surface area contributed by atoms with Crippen LogP contribution in [0.25, 0.3) is 0 Å². The quantitative estimate of drug-likeness (QED) is 0.744. The van der Waals surface area contributed by atoms with E-state index in [2.05, 4.69) is 0 Å². The van der Waals surface area contributed by atoms with Crippen molar-refractivity contribution in [2.45, 2.75) is 32.0 Å². The van der Waals surface area contributed by atoms with Crippen LogP contribution < -0.4 is 17.0 Å². The van der Waals surface area contributed by atoms with Gasteiger partial charge < -0.3 is 10.8 Å². The number of nitrogen functional groups attached to an aromatic ring is 1. The summed E-state index contributed by atoms with van der Waals surface area (Å²) >= 11 is 0. The third kappa shape index (κ3) is 3.22. The summed E-state index contributed by atoms with van der Waals surface area (Å²) in [7, 11) is 2.75. The molecular weight excluding hydrogens is 348 g/mol. The smallest absolute Gasteiger partial charge is 0.332 e. The summed E-state index contributed by atoms with van der Waals surface area (Å²) in [6.07, 6.45) is -0.112. The number of rotatable bonds is 3. The number of ketones is 1. The first kappa shape index (κ1) is 19.1. The highest BCUT2D eigenvalue weighted by atomic mass is 16.3. The molecule has 0 saturated carbocycles. The lowest BCUT2D eigenvalue weighted by Gasteiger charge is -2.27. The topological polar surface area (TPSA) is 111 Å². The lowest BCUT2D eigenvalue weighted by Crippen LogP contribution is -2.46. The van der Waals surface area contributed by atoms with E-state index in [4.69, 9.17) is 5.73 Å². The number of hydrogen-bond acceptors (Lipinski definition) is 6. The maximum Gasteiger partial charge on any atom is 0.332 e. The van der Waals surface area contributed by atoms with Gasteiger partial charge >= 0.3 is 5.69 Å². The maximum atomic E-state index is 13.1. The van der Waals surface area contributed by atoms with Crippen molar-refractivity contribution in [1.82, 2.24) is 14.0 Å². The third-order valence-electron chi connectivity index (χ3n) is 5.36. The Kier molecular flexibility index (Phi) is 5.03. The van der Waals surface area contributed by atoms with E-state index in [0.717, 1.165) is 20.3 Å². The molecule has 8 heteroatoms. The molecule has 0 bridgehead atoms. The molecule has 2 aromatic rings. The van der Waals surface area contributed by atoms with Crippen LogP contribution in [-0.4, -0.2) is 37.5 Å². The van der Waals surface area contributed by atoms with Gasteiger partial charge in [-0.15, -0.1) is 0 Å². The van der Waals surface area contributed by atoms with Gasteiger partial charge in [-0.05, 0) is 24.5 Å². The van der Waals surface area contributed by atoms with Gasteiger partial charge in [-0.1, -0.05) is 24.3 Å². The second kappa shape index (κ2) is 7.13. The van der Waals surface area contributed by atoms with Gasteiger partial charge in [0, 0.05) is 27.2 Å². The van der Waals surface area contributed by atoms with E-state index in [-0.39, 0.29) is 11.4 Å². The summed E-state index contributed by atoms with van der Waals surface area (Å²) in [5.41, 5.74) is 6.28. The van der Waals surface area contributed by atoms with Gasteiger partial charge in [-0.2, -0.15) is 0 Å². The first-order chi connectivity index (χ1) is 12.7. The number of carbonyl (C=O) groups is 1. The van der Waals surface area contributed by atoms with Crippen LogP contribution in [0.15, 0.2) is 33.9 Å². The summed E-state index contributed by atoms with van der Waals surface area (Å²) in [6, 6.07) is 6.95. The van der Waals surface area contributed by atoms with Crippen molar-refractivity contribution in [3.63, 3.8) is 0 Å². The summed E-state index contributed by atoms with van der Waals surface area (Å²) in [5.74, 6) is -0.562. The van der Waals surface area contributed by atoms with Crippen LogP contribution in [0.5, 0.6) is 0 Å². The molecule has 144 valence electrons. The monoisotopic (exact) mass is 372 g/mol. The van der Waals surface area contributed by atoms with E-state index in [1.54, 1.807) is 6.92 Å². The van der Waals surface area contributed by atoms with Gasteiger partial charge in [0.15, 0.2) is 5.78 Å². The number of aliphatic hydroxyl groups is 1. The van der Waals surface area contributed by atoms with Crippen molar-refractivity contribution in [3.8, 4) is 0 Å². The molecule has 3 N–H and O–H groups in total. The fraction of sp³-hybridized carbons (Fsp3) is 0.421. The summed E-state index contributed by atoms with van der Waals surface area (Å²) in [5, 5.41) is 10.4. The second-order valence-corrected chi connectivity index (χ2v) is 6.98. The first-order valence-corrected chi connectivity index (χ1v) is 8.83. The van der Waals surface area contributed by atoms with Gasteiger partial charge in [0.25, 0.3) is 5.56 Å². The number of nitrogens with two attached hydrogens (primary N) is 1. The Balaban J connectivity index is 1.98. The van der Waals surface area contributed by atoms with Gasteiger partial charge in [-0.3, -0.25) is 23.6 Å². The molecule has 1 aromatic carbocycles. The number of carbonyl (C=O) groups excluding carboxylic acids is 1. The molecule has 8 nitrogen and oxygen atoms in total. The molecule has 3 rings (SSSR count). The molecule has 0 aliphatic carbocycles. The average Bonchev–Trinajstić information content (AvgIpc) is 2.83. The van der Waals surface area contributed by atoms with Crippen molar-refractivity contribution in [2.75, 3.05) is 12.3 Å². The van der Waals surface area contributed by atoms with Crippen molar-refractivity contribution in [2.24, 2.45) is 14.1 Å². The van der Waals surface area contributed by atoms with E-state index in [0.29, 0.717) is 19.5 Å². The molecule has 0 saturated heterocycles. The zero-order chi connectivity index (χ0) is 19.9. The maximum absolute atomic E-state index is 13.1. The minimum absolute atomic E-state index is 0.129. The SMILES string of the molecule is C[C@@H](C(=O)c1c(N)n(C)c(=O)n(C)c1=O)N1CC[C@@H](O)c2ccccc2C1. The predicted octanol–water partition coefficient (Wildman–Crippen LogP) is 0.177. The minimum atomic E-state index is -0.692. The lowest BCUT2D eigenvalue weighted by atomic mass is 10.0. The fourth-order valence-corrected chi connectivity index (χ4v) is 3.54. The number of hydrogen-bond donors (Lipinski definition) is 2. The van der Waals surface area contributed by atoms with E-state index in [1.807, 2.05) is 29.2 Å². The Labute approximate surface area is 156 Å². The molecule has 0 unspecified atom stereocenters. The van der Waals surface area contributed by atoms with Crippen LogP contribution >= 0.6 is 0 Å². The predicted molar refractivity (Wildman–Crippen MR) is 102 cm³/mol. The fourth-order valence-electron chi connectivity index (χ4n) is 3.54. The van der Waals surface area contributed by atoms with Crippen LogP contribution in [0.4, 0.5) is 5.82 Å². The molecule has 0 fully saturated rings. The second-order valence-electron chi connectivity index (χ2n) is 6.98. The number of aromatic nitrogens is 2. The third-order valence-corrected chi connectivity index (χ3v) is 5.36. The average molecular weight is 372 g/mol. The van der Waals surface area contributed by atoms with Crippen LogP contribution in [0, 0.1) is 0 Å². The Morgan fingerprint density at radius 1 is 1.22 bits per heavy atom. The molecular formula is C19H24N4O4. The molecule has 2 atom stereocenters. The van der Waals surface area contributed by atoms with Crippen molar-refractivity contribution in [1.29, 1.82) is 0 Å². The number of Topliss-reactive ketones (excluding diaryl/α,β-unsaturated/α-hetero) is 1. The molecule has 0 radical (unpaired) electrons. The highest BCUT2D eigenvalue weighted by Gasteiger charge is 2.31. The number of aliphatic hydroxyl groups excluding tert-OH is 1. The van der Waals surface area contributed by atoms with Gasteiger partial charge in [0.05, 0.1) is 12.1 Å². The van der Waals surface area contributed by atoms with E-state index in [9.17, 15) is 19.5 Å². The van der Waals surface area contributed by atoms with Crippen LogP contribution in [-0.2, 0) is 20.6 Å². The number of nitrogens with zero attached hydrogens (tertiary/aromatic N) is 3. The molecule has 0 amide bonds. The highest BCUT2D eigenvalue weighted by molar-refractivity contribution is 6.03. The minimum Gasteiger partial charge on any atom is -0.388 e. The van der Waals surface area contributed by atoms with Crippen molar-refractivity contribution >= 4 is 11.6 Å². The molecule has 1 aromatic heterocycles. The number of anilines is 1. The largest absolute Gasteiger partial charge is 0.388 e. The van der Waals surface area contributed by atoms with Crippen molar-refractivity contribution < 1.29 is 9.90 Å². The molecule has 1 aliphatic heterocycles. The Morgan fingerprint density at radius 2 is 1.89 bits per heavy atom. The summed E-state index contributed by atoms with van der Waals surface area (Å²) < 4.78 is 1.99.